The molecular formula is C24H28N2O3. The molecule has 1 aromatic heterocycles. The Morgan fingerprint density at radius 2 is 1.86 bits per heavy atom. The molecular weight excluding hydrogens is 364 g/mol. The lowest BCUT2D eigenvalue weighted by molar-refractivity contribution is 0.0911. The van der Waals surface area contributed by atoms with Crippen LogP contribution < -0.4 is 10.1 Å². The van der Waals surface area contributed by atoms with Crippen molar-refractivity contribution in [2.75, 3.05) is 26.7 Å². The molecule has 1 N–H and O–H groups in total. The first-order valence-corrected chi connectivity index (χ1v) is 10.2. The van der Waals surface area contributed by atoms with Crippen LogP contribution in [0.3, 0.4) is 0 Å². The van der Waals surface area contributed by atoms with Crippen LogP contribution >= 0.6 is 0 Å². The first kappa shape index (κ1) is 19.5. The lowest BCUT2D eigenvalue weighted by Crippen LogP contribution is -2.36. The van der Waals surface area contributed by atoms with Crippen molar-refractivity contribution in [3.8, 4) is 5.75 Å². The van der Waals surface area contributed by atoms with Crippen molar-refractivity contribution in [2.24, 2.45) is 0 Å². The molecule has 2 aromatic carbocycles. The third-order valence-electron chi connectivity index (χ3n) is 5.84. The second-order valence-electron chi connectivity index (χ2n) is 7.80. The molecule has 1 amide bonds. The van der Waals surface area contributed by atoms with Crippen molar-refractivity contribution in [3.63, 3.8) is 0 Å². The number of hydrogen-bond acceptors (Lipinski definition) is 4. The van der Waals surface area contributed by atoms with Gasteiger partial charge in [0.25, 0.3) is 5.91 Å². The molecule has 5 nitrogen and oxygen atoms in total. The van der Waals surface area contributed by atoms with Crippen LogP contribution in [0.15, 0.2) is 46.9 Å². The second kappa shape index (κ2) is 8.29. The summed E-state index contributed by atoms with van der Waals surface area (Å²) in [4.78, 5) is 15.4. The van der Waals surface area contributed by atoms with Gasteiger partial charge in [0.2, 0.25) is 0 Å². The molecule has 1 aliphatic heterocycles. The molecule has 1 atom stereocenters. The Morgan fingerprint density at radius 3 is 2.55 bits per heavy atom. The van der Waals surface area contributed by atoms with E-state index in [9.17, 15) is 4.79 Å². The number of amides is 1. The van der Waals surface area contributed by atoms with Crippen LogP contribution in [0, 0.1) is 13.8 Å². The molecule has 29 heavy (non-hydrogen) atoms. The van der Waals surface area contributed by atoms with Crippen molar-refractivity contribution >= 4 is 16.9 Å². The van der Waals surface area contributed by atoms with E-state index < -0.39 is 0 Å². The Morgan fingerprint density at radius 1 is 1.14 bits per heavy atom. The molecule has 2 heterocycles. The molecule has 0 bridgehead atoms. The van der Waals surface area contributed by atoms with Gasteiger partial charge in [0.15, 0.2) is 5.76 Å². The third kappa shape index (κ3) is 4.01. The number of carbonyl (C=O) groups excluding carboxylic acids is 1. The minimum atomic E-state index is -0.158. The summed E-state index contributed by atoms with van der Waals surface area (Å²) >= 11 is 0. The number of nitrogens with zero attached hydrogens (tertiary/aromatic N) is 1. The first-order valence-electron chi connectivity index (χ1n) is 10.2. The van der Waals surface area contributed by atoms with E-state index in [1.807, 2.05) is 38.1 Å². The summed E-state index contributed by atoms with van der Waals surface area (Å²) in [5, 5.41) is 4.12. The SMILES string of the molecule is COc1ccc([C@@H](CNC(=O)c2oc3ccc(C)cc3c2C)N2CCCC2)cc1. The fraction of sp³-hybridized carbons (Fsp3) is 0.375. The average Bonchev–Trinajstić information content (AvgIpc) is 3.37. The summed E-state index contributed by atoms with van der Waals surface area (Å²) in [6.45, 7) is 6.63. The number of methoxy groups -OCH3 is 1. The highest BCUT2D eigenvalue weighted by Gasteiger charge is 2.25. The zero-order valence-electron chi connectivity index (χ0n) is 17.3. The maximum absolute atomic E-state index is 12.9. The second-order valence-corrected chi connectivity index (χ2v) is 7.80. The van der Waals surface area contributed by atoms with Crippen molar-refractivity contribution in [2.45, 2.75) is 32.7 Å². The quantitative estimate of drug-likeness (QED) is 0.665. The van der Waals surface area contributed by atoms with Gasteiger partial charge in [-0.25, -0.2) is 0 Å². The lowest BCUT2D eigenvalue weighted by atomic mass is 10.0. The molecule has 152 valence electrons. The lowest BCUT2D eigenvalue weighted by Gasteiger charge is -2.28. The van der Waals surface area contributed by atoms with Gasteiger partial charge >= 0.3 is 0 Å². The van der Waals surface area contributed by atoms with E-state index in [2.05, 4.69) is 28.4 Å². The Labute approximate surface area is 171 Å². The zero-order chi connectivity index (χ0) is 20.4. The molecule has 4 rings (SSSR count). The number of benzene rings is 2. The molecule has 1 aliphatic rings. The topological polar surface area (TPSA) is 54.7 Å². The summed E-state index contributed by atoms with van der Waals surface area (Å²) in [6.07, 6.45) is 2.39. The minimum Gasteiger partial charge on any atom is -0.497 e. The number of rotatable bonds is 6. The summed E-state index contributed by atoms with van der Waals surface area (Å²) in [5.74, 6) is 1.08. The zero-order valence-corrected chi connectivity index (χ0v) is 17.3. The van der Waals surface area contributed by atoms with Crippen molar-refractivity contribution < 1.29 is 13.9 Å². The van der Waals surface area contributed by atoms with Crippen molar-refractivity contribution in [1.82, 2.24) is 10.2 Å². The fourth-order valence-electron chi connectivity index (χ4n) is 4.16. The van der Waals surface area contributed by atoms with Crippen LogP contribution in [-0.4, -0.2) is 37.6 Å². The van der Waals surface area contributed by atoms with Crippen molar-refractivity contribution in [1.29, 1.82) is 0 Å². The monoisotopic (exact) mass is 392 g/mol. The molecule has 0 aliphatic carbocycles. The Bertz CT molecular complexity index is 1000. The molecule has 5 heteroatoms. The number of fused-ring (bicyclic) bond motifs is 1. The highest BCUT2D eigenvalue weighted by Crippen LogP contribution is 2.28. The van der Waals surface area contributed by atoms with Crippen LogP contribution in [-0.2, 0) is 0 Å². The highest BCUT2D eigenvalue weighted by atomic mass is 16.5. The van der Waals surface area contributed by atoms with E-state index in [4.69, 9.17) is 9.15 Å². The van der Waals surface area contributed by atoms with Gasteiger partial charge < -0.3 is 14.5 Å². The Balaban J connectivity index is 1.53. The largest absolute Gasteiger partial charge is 0.497 e. The number of likely N-dealkylation sites (tertiary alicyclic amines) is 1. The Kier molecular flexibility index (Phi) is 5.58. The van der Waals surface area contributed by atoms with Crippen LogP contribution in [0.1, 0.15) is 46.1 Å². The number of nitrogens with one attached hydrogen (secondary N) is 1. The standard InChI is InChI=1S/C24H28N2O3/c1-16-6-11-22-20(14-16)17(2)23(29-22)24(27)25-15-21(26-12-4-5-13-26)18-7-9-19(28-3)10-8-18/h6-11,14,21H,4-5,12-13,15H2,1-3H3,(H,25,27)/t21-/m1/s1. The van der Waals surface area contributed by atoms with Crippen LogP contribution in [0.25, 0.3) is 11.0 Å². The van der Waals surface area contributed by atoms with E-state index in [1.54, 1.807) is 7.11 Å². The van der Waals surface area contributed by atoms with Crippen LogP contribution in [0.5, 0.6) is 5.75 Å². The number of ether oxygens (including phenoxy) is 1. The Hall–Kier alpha value is -2.79. The molecule has 0 spiro atoms. The van der Waals surface area contributed by atoms with Gasteiger partial charge in [-0.05, 0) is 69.6 Å². The van der Waals surface area contributed by atoms with E-state index >= 15 is 0 Å². The molecule has 0 radical (unpaired) electrons. The van der Waals surface area contributed by atoms with Gasteiger partial charge in [0, 0.05) is 17.5 Å². The summed E-state index contributed by atoms with van der Waals surface area (Å²) in [5.41, 5.74) is 3.99. The van der Waals surface area contributed by atoms with Crippen LogP contribution in [0.2, 0.25) is 0 Å². The highest BCUT2D eigenvalue weighted by molar-refractivity contribution is 5.99. The van der Waals surface area contributed by atoms with E-state index in [1.165, 1.54) is 18.4 Å². The maximum atomic E-state index is 12.9. The number of aryl methyl sites for hydroxylation is 2. The first-order chi connectivity index (χ1) is 14.1. The fourth-order valence-corrected chi connectivity index (χ4v) is 4.16. The van der Waals surface area contributed by atoms with Gasteiger partial charge in [-0.3, -0.25) is 9.69 Å². The van der Waals surface area contributed by atoms with Gasteiger partial charge in [0.05, 0.1) is 13.2 Å². The van der Waals surface area contributed by atoms with E-state index in [0.29, 0.717) is 12.3 Å². The maximum Gasteiger partial charge on any atom is 0.287 e. The van der Waals surface area contributed by atoms with Gasteiger partial charge in [-0.2, -0.15) is 0 Å². The summed E-state index contributed by atoms with van der Waals surface area (Å²) in [7, 11) is 1.67. The number of furan rings is 1. The molecule has 0 saturated carbocycles. The summed E-state index contributed by atoms with van der Waals surface area (Å²) < 4.78 is 11.2. The van der Waals surface area contributed by atoms with Gasteiger partial charge in [-0.15, -0.1) is 0 Å². The minimum absolute atomic E-state index is 0.138. The van der Waals surface area contributed by atoms with E-state index in [-0.39, 0.29) is 11.9 Å². The predicted octanol–water partition coefficient (Wildman–Crippen LogP) is 4.63. The van der Waals surface area contributed by atoms with Crippen LogP contribution in [0.4, 0.5) is 0 Å². The average molecular weight is 392 g/mol. The third-order valence-corrected chi connectivity index (χ3v) is 5.84. The number of hydrogen-bond donors (Lipinski definition) is 1. The normalized spacial score (nSPS) is 15.6. The molecule has 0 unspecified atom stereocenters. The van der Waals surface area contributed by atoms with E-state index in [0.717, 1.165) is 40.9 Å². The molecule has 3 aromatic rings. The van der Waals surface area contributed by atoms with Gasteiger partial charge in [0.1, 0.15) is 11.3 Å². The summed E-state index contributed by atoms with van der Waals surface area (Å²) in [6, 6.07) is 14.3. The van der Waals surface area contributed by atoms with Crippen molar-refractivity contribution in [3.05, 3.63) is 64.9 Å². The molecule has 1 fully saturated rings. The van der Waals surface area contributed by atoms with Gasteiger partial charge in [-0.1, -0.05) is 23.8 Å². The predicted molar refractivity (Wildman–Crippen MR) is 115 cm³/mol. The number of carbonyl (C=O) groups is 1. The smallest absolute Gasteiger partial charge is 0.287 e. The molecule has 1 saturated heterocycles.